The lowest BCUT2D eigenvalue weighted by molar-refractivity contribution is -0.307. The van der Waals surface area contributed by atoms with E-state index in [1.54, 1.807) is 43.1 Å². The maximum absolute atomic E-state index is 12.6. The second-order valence-corrected chi connectivity index (χ2v) is 7.69. The Kier molecular flexibility index (Phi) is 6.43. The molecule has 144 valence electrons. The number of likely N-dealkylation sites (N-methyl/N-ethyl adjacent to an activating group) is 1. The zero-order valence-electron chi connectivity index (χ0n) is 15.2. The molecule has 8 heteroatoms. The minimum atomic E-state index is -1.29. The molecule has 1 aliphatic heterocycles. The van der Waals surface area contributed by atoms with E-state index in [-0.39, 0.29) is 5.91 Å². The fraction of sp³-hybridized carbons (Fsp3) is 0.150. The summed E-state index contributed by atoms with van der Waals surface area (Å²) >= 11 is 2.92. The van der Waals surface area contributed by atoms with Crippen LogP contribution in [0, 0.1) is 0 Å². The quantitative estimate of drug-likeness (QED) is 0.535. The number of aliphatic carboxylic acids is 1. The molecule has 0 atom stereocenters. The monoisotopic (exact) mass is 413 g/mol. The molecule has 1 amide bonds. The van der Waals surface area contributed by atoms with Crippen molar-refractivity contribution in [1.29, 1.82) is 0 Å². The van der Waals surface area contributed by atoms with Gasteiger partial charge in [-0.3, -0.25) is 9.69 Å². The highest BCUT2D eigenvalue weighted by Crippen LogP contribution is 2.34. The first-order valence-electron chi connectivity index (χ1n) is 8.29. The normalized spacial score (nSPS) is 16.8. The summed E-state index contributed by atoms with van der Waals surface area (Å²) in [4.78, 5) is 30.8. The molecule has 1 fully saturated rings. The van der Waals surface area contributed by atoms with E-state index in [0.717, 1.165) is 16.1 Å². The van der Waals surface area contributed by atoms with Crippen LogP contribution in [0.3, 0.4) is 0 Å². The molecular formula is C20H17N2O4S2-. The van der Waals surface area contributed by atoms with Crippen LogP contribution in [0.1, 0.15) is 5.56 Å². The van der Waals surface area contributed by atoms with Gasteiger partial charge in [0.25, 0.3) is 5.91 Å². The van der Waals surface area contributed by atoms with Gasteiger partial charge >= 0.3 is 0 Å². The van der Waals surface area contributed by atoms with E-state index in [1.165, 1.54) is 16.7 Å². The number of amides is 1. The Hall–Kier alpha value is -2.71. The molecule has 0 radical (unpaired) electrons. The molecule has 0 aromatic heterocycles. The Balaban J connectivity index is 1.82. The SMILES string of the molecule is CSc1cccc(N=C2S/C(=C/c3cccc(OCC(=O)[O-])c3)C(=O)N2C)c1. The van der Waals surface area contributed by atoms with Crippen molar-refractivity contribution in [2.75, 3.05) is 19.9 Å². The Morgan fingerprint density at radius 2 is 2.07 bits per heavy atom. The molecule has 0 unspecified atom stereocenters. The Morgan fingerprint density at radius 3 is 2.82 bits per heavy atom. The summed E-state index contributed by atoms with van der Waals surface area (Å²) in [5.74, 6) is -1.05. The summed E-state index contributed by atoms with van der Waals surface area (Å²) < 4.78 is 5.12. The zero-order valence-corrected chi connectivity index (χ0v) is 16.9. The van der Waals surface area contributed by atoms with Crippen LogP contribution < -0.4 is 9.84 Å². The number of carbonyl (C=O) groups excluding carboxylic acids is 2. The van der Waals surface area contributed by atoms with Crippen molar-refractivity contribution in [3.63, 3.8) is 0 Å². The topological polar surface area (TPSA) is 82.0 Å². The maximum Gasteiger partial charge on any atom is 0.266 e. The molecular weight excluding hydrogens is 396 g/mol. The van der Waals surface area contributed by atoms with Crippen LogP contribution in [0.25, 0.3) is 6.08 Å². The molecule has 0 bridgehead atoms. The van der Waals surface area contributed by atoms with Gasteiger partial charge in [0, 0.05) is 11.9 Å². The molecule has 2 aromatic rings. The van der Waals surface area contributed by atoms with Gasteiger partial charge in [-0.2, -0.15) is 0 Å². The predicted octanol–water partition coefficient (Wildman–Crippen LogP) is 2.77. The number of rotatable bonds is 6. The van der Waals surface area contributed by atoms with Crippen molar-refractivity contribution >= 4 is 52.3 Å². The highest BCUT2D eigenvalue weighted by atomic mass is 32.2. The van der Waals surface area contributed by atoms with Crippen molar-refractivity contribution in [3.05, 3.63) is 59.0 Å². The van der Waals surface area contributed by atoms with Gasteiger partial charge in [-0.05, 0) is 60.0 Å². The summed E-state index contributed by atoms with van der Waals surface area (Å²) in [5.41, 5.74) is 1.51. The molecule has 3 rings (SSSR count). The van der Waals surface area contributed by atoms with Gasteiger partial charge < -0.3 is 14.6 Å². The van der Waals surface area contributed by atoms with Gasteiger partial charge in [-0.1, -0.05) is 18.2 Å². The molecule has 0 saturated carbocycles. The number of amidine groups is 1. The van der Waals surface area contributed by atoms with E-state index in [4.69, 9.17) is 4.74 Å². The first-order chi connectivity index (χ1) is 13.5. The number of nitrogens with zero attached hydrogens (tertiary/aromatic N) is 2. The first-order valence-corrected chi connectivity index (χ1v) is 10.3. The summed E-state index contributed by atoms with van der Waals surface area (Å²) in [6.45, 7) is -0.525. The summed E-state index contributed by atoms with van der Waals surface area (Å²) in [7, 11) is 1.69. The second-order valence-electron chi connectivity index (χ2n) is 5.80. The van der Waals surface area contributed by atoms with Crippen LogP contribution in [0.4, 0.5) is 5.69 Å². The minimum absolute atomic E-state index is 0.147. The smallest absolute Gasteiger partial charge is 0.266 e. The van der Waals surface area contributed by atoms with Gasteiger partial charge in [0.15, 0.2) is 5.17 Å². The zero-order chi connectivity index (χ0) is 20.1. The Morgan fingerprint density at radius 1 is 1.29 bits per heavy atom. The van der Waals surface area contributed by atoms with Crippen LogP contribution >= 0.6 is 23.5 Å². The second kappa shape index (κ2) is 8.99. The number of benzene rings is 2. The van der Waals surface area contributed by atoms with Crippen LogP contribution in [0.5, 0.6) is 5.75 Å². The minimum Gasteiger partial charge on any atom is -0.546 e. The molecule has 1 aliphatic rings. The average molecular weight is 414 g/mol. The van der Waals surface area contributed by atoms with Gasteiger partial charge in [0.05, 0.1) is 16.6 Å². The number of aliphatic imine (C=N–C) groups is 1. The molecule has 0 aliphatic carbocycles. The van der Waals surface area contributed by atoms with Crippen molar-refractivity contribution < 1.29 is 19.4 Å². The summed E-state index contributed by atoms with van der Waals surface area (Å²) in [5, 5.41) is 11.1. The van der Waals surface area contributed by atoms with Crippen molar-refractivity contribution in [3.8, 4) is 5.75 Å². The van der Waals surface area contributed by atoms with E-state index in [0.29, 0.717) is 15.8 Å². The van der Waals surface area contributed by atoms with Crippen LogP contribution in [0.2, 0.25) is 0 Å². The van der Waals surface area contributed by atoms with Crippen LogP contribution in [-0.4, -0.2) is 41.9 Å². The Labute approximate surface area is 171 Å². The largest absolute Gasteiger partial charge is 0.546 e. The molecule has 1 heterocycles. The first kappa shape index (κ1) is 20.0. The van der Waals surface area contributed by atoms with Crippen molar-refractivity contribution in [1.82, 2.24) is 4.90 Å². The third kappa shape index (κ3) is 4.96. The van der Waals surface area contributed by atoms with E-state index < -0.39 is 12.6 Å². The highest BCUT2D eigenvalue weighted by molar-refractivity contribution is 8.18. The van der Waals surface area contributed by atoms with Crippen LogP contribution in [-0.2, 0) is 9.59 Å². The average Bonchev–Trinajstić information content (AvgIpc) is 2.94. The predicted molar refractivity (Wildman–Crippen MR) is 111 cm³/mol. The van der Waals surface area contributed by atoms with Gasteiger partial charge in [-0.25, -0.2) is 4.99 Å². The van der Waals surface area contributed by atoms with E-state index >= 15 is 0 Å². The maximum atomic E-state index is 12.6. The molecule has 2 aromatic carbocycles. The van der Waals surface area contributed by atoms with E-state index in [2.05, 4.69) is 4.99 Å². The number of ether oxygens (including phenoxy) is 1. The number of thioether (sulfide) groups is 2. The lowest BCUT2D eigenvalue weighted by atomic mass is 10.2. The number of hydrogen-bond acceptors (Lipinski definition) is 7. The fourth-order valence-electron chi connectivity index (χ4n) is 2.43. The molecule has 0 spiro atoms. The molecule has 28 heavy (non-hydrogen) atoms. The van der Waals surface area contributed by atoms with Gasteiger partial charge in [-0.15, -0.1) is 11.8 Å². The highest BCUT2D eigenvalue weighted by Gasteiger charge is 2.30. The number of carboxylic acid groups (broad SMARTS) is 1. The lowest BCUT2D eigenvalue weighted by Gasteiger charge is -2.07. The standard InChI is InChI=1S/C20H18N2O4S2/c1-22-19(25)17(10-13-5-3-7-15(9-13)26-12-18(23)24)28-20(22)21-14-6-4-8-16(11-14)27-2/h3-11H,12H2,1-2H3,(H,23,24)/p-1/b17-10+,21-20?. The molecule has 6 nitrogen and oxygen atoms in total. The lowest BCUT2D eigenvalue weighted by Crippen LogP contribution is -2.28. The third-order valence-corrected chi connectivity index (χ3v) is 5.58. The van der Waals surface area contributed by atoms with E-state index in [9.17, 15) is 14.7 Å². The van der Waals surface area contributed by atoms with E-state index in [1.807, 2.05) is 36.6 Å². The summed E-state index contributed by atoms with van der Waals surface area (Å²) in [6.07, 6.45) is 3.73. The summed E-state index contributed by atoms with van der Waals surface area (Å²) in [6, 6.07) is 14.7. The fourth-order valence-corrected chi connectivity index (χ4v) is 3.87. The third-order valence-electron chi connectivity index (χ3n) is 3.79. The van der Waals surface area contributed by atoms with Crippen molar-refractivity contribution in [2.45, 2.75) is 4.90 Å². The van der Waals surface area contributed by atoms with Crippen LogP contribution in [0.15, 0.2) is 63.3 Å². The molecule has 1 saturated heterocycles. The number of carbonyl (C=O) groups is 2. The number of hydrogen-bond donors (Lipinski definition) is 0. The van der Waals surface area contributed by atoms with Gasteiger partial charge in [0.2, 0.25) is 0 Å². The van der Waals surface area contributed by atoms with Gasteiger partial charge in [0.1, 0.15) is 12.4 Å². The molecule has 0 N–H and O–H groups in total. The number of carboxylic acids is 1. The Bertz CT molecular complexity index is 972. The van der Waals surface area contributed by atoms with Crippen molar-refractivity contribution in [2.24, 2.45) is 4.99 Å².